The summed E-state index contributed by atoms with van der Waals surface area (Å²) >= 11 is 0. The molecule has 10 heteroatoms. The fraction of sp³-hybridized carbons (Fsp3) is 0.136. The van der Waals surface area contributed by atoms with Gasteiger partial charge in [0.1, 0.15) is 0 Å². The Morgan fingerprint density at radius 2 is 1.38 bits per heavy atom. The summed E-state index contributed by atoms with van der Waals surface area (Å²) in [6.07, 6.45) is -4.64. The molecule has 2 aromatic heterocycles. The number of alkyl halides is 3. The third kappa shape index (κ3) is 4.06. The first kappa shape index (κ1) is 21.8. The van der Waals surface area contributed by atoms with Crippen molar-refractivity contribution >= 4 is 10.0 Å². The Morgan fingerprint density at radius 3 is 1.88 bits per heavy atom. The standard InChI is InChI=1S/C22H19F3N4O2S/c1-14-3-4-15(2)28(14)17-7-5-16(6-8-17)20-13-21(22(23,24)25)27-29(20)18-9-11-19(12-10-18)32(26,30)31/h3-13H,1-2H3,(H2,26,30,31). The maximum absolute atomic E-state index is 13.4. The number of aryl methyl sites for hydroxylation is 2. The zero-order valence-electron chi connectivity index (χ0n) is 17.1. The highest BCUT2D eigenvalue weighted by Gasteiger charge is 2.35. The van der Waals surface area contributed by atoms with E-state index in [1.807, 2.05) is 42.7 Å². The minimum Gasteiger partial charge on any atom is -0.319 e. The predicted octanol–water partition coefficient (Wildman–Crippen LogP) is 4.61. The lowest BCUT2D eigenvalue weighted by molar-refractivity contribution is -0.141. The van der Waals surface area contributed by atoms with Crippen molar-refractivity contribution in [2.45, 2.75) is 24.9 Å². The summed E-state index contributed by atoms with van der Waals surface area (Å²) in [5, 5.41) is 8.83. The van der Waals surface area contributed by atoms with Gasteiger partial charge in [0.05, 0.1) is 16.3 Å². The molecule has 0 amide bonds. The number of sulfonamides is 1. The molecule has 2 aromatic carbocycles. The van der Waals surface area contributed by atoms with Gasteiger partial charge in [-0.3, -0.25) is 0 Å². The quantitative estimate of drug-likeness (QED) is 0.483. The molecule has 0 unspecified atom stereocenters. The number of hydrogen-bond acceptors (Lipinski definition) is 3. The molecule has 32 heavy (non-hydrogen) atoms. The average Bonchev–Trinajstić information content (AvgIpc) is 3.31. The maximum atomic E-state index is 13.4. The summed E-state index contributed by atoms with van der Waals surface area (Å²) in [5.74, 6) is 0. The van der Waals surface area contributed by atoms with Crippen molar-refractivity contribution in [1.29, 1.82) is 0 Å². The number of aromatic nitrogens is 3. The Balaban J connectivity index is 1.81. The summed E-state index contributed by atoms with van der Waals surface area (Å²) in [5.41, 5.74) is 2.91. The molecule has 0 radical (unpaired) electrons. The van der Waals surface area contributed by atoms with Crippen LogP contribution in [0, 0.1) is 13.8 Å². The molecule has 0 atom stereocenters. The fourth-order valence-corrected chi connectivity index (χ4v) is 4.07. The molecule has 0 aliphatic heterocycles. The molecule has 0 fully saturated rings. The average molecular weight is 460 g/mol. The van der Waals surface area contributed by atoms with Crippen molar-refractivity contribution in [1.82, 2.24) is 14.3 Å². The van der Waals surface area contributed by atoms with Gasteiger partial charge >= 0.3 is 6.18 Å². The third-order valence-electron chi connectivity index (χ3n) is 5.10. The number of halogens is 3. The Labute approximate surface area is 182 Å². The highest BCUT2D eigenvalue weighted by Crippen LogP contribution is 2.33. The lowest BCUT2D eigenvalue weighted by Gasteiger charge is -2.12. The van der Waals surface area contributed by atoms with E-state index in [4.69, 9.17) is 5.14 Å². The zero-order valence-corrected chi connectivity index (χ0v) is 17.9. The second kappa shape index (κ2) is 7.64. The number of nitrogens with two attached hydrogens (primary N) is 1. The van der Waals surface area contributed by atoms with E-state index in [1.54, 1.807) is 12.1 Å². The molecule has 0 aliphatic rings. The highest BCUT2D eigenvalue weighted by molar-refractivity contribution is 7.89. The maximum Gasteiger partial charge on any atom is 0.435 e. The molecule has 6 nitrogen and oxygen atoms in total. The Bertz CT molecular complexity index is 1370. The van der Waals surface area contributed by atoms with Gasteiger partial charge in [-0.05, 0) is 68.4 Å². The lowest BCUT2D eigenvalue weighted by atomic mass is 10.1. The summed E-state index contributed by atoms with van der Waals surface area (Å²) in [6.45, 7) is 3.94. The normalized spacial score (nSPS) is 12.3. The molecule has 4 aromatic rings. The smallest absolute Gasteiger partial charge is 0.319 e. The van der Waals surface area contributed by atoms with Gasteiger partial charge in [-0.25, -0.2) is 18.2 Å². The van der Waals surface area contributed by atoms with Gasteiger partial charge in [-0.1, -0.05) is 12.1 Å². The molecule has 0 aliphatic carbocycles. The van der Waals surface area contributed by atoms with E-state index in [0.717, 1.165) is 27.8 Å². The van der Waals surface area contributed by atoms with Gasteiger partial charge in [-0.15, -0.1) is 0 Å². The zero-order chi connectivity index (χ0) is 23.3. The van der Waals surface area contributed by atoms with Crippen LogP contribution in [0.2, 0.25) is 0 Å². The first-order valence-corrected chi connectivity index (χ1v) is 11.1. The van der Waals surface area contributed by atoms with Gasteiger partial charge in [0.15, 0.2) is 5.69 Å². The third-order valence-corrected chi connectivity index (χ3v) is 6.03. The molecule has 0 spiro atoms. The molecular weight excluding hydrogens is 441 g/mol. The topological polar surface area (TPSA) is 82.9 Å². The molecule has 166 valence electrons. The molecule has 2 heterocycles. The second-order valence-electron chi connectivity index (χ2n) is 7.36. The number of rotatable bonds is 4. The van der Waals surface area contributed by atoms with Crippen molar-refractivity contribution in [2.75, 3.05) is 0 Å². The fourth-order valence-electron chi connectivity index (χ4n) is 3.56. The molecule has 0 saturated carbocycles. The summed E-state index contributed by atoms with van der Waals surface area (Å²) in [4.78, 5) is -0.146. The van der Waals surface area contributed by atoms with E-state index in [-0.39, 0.29) is 16.3 Å². The van der Waals surface area contributed by atoms with Crippen LogP contribution < -0.4 is 5.14 Å². The van der Waals surface area contributed by atoms with Crippen LogP contribution in [-0.4, -0.2) is 22.8 Å². The summed E-state index contributed by atoms with van der Waals surface area (Å²) in [7, 11) is -3.93. The van der Waals surface area contributed by atoms with E-state index >= 15 is 0 Å². The lowest BCUT2D eigenvalue weighted by Crippen LogP contribution is -2.12. The van der Waals surface area contributed by atoms with Gasteiger partial charge in [0, 0.05) is 22.6 Å². The van der Waals surface area contributed by atoms with Crippen LogP contribution in [-0.2, 0) is 16.2 Å². The highest BCUT2D eigenvalue weighted by atomic mass is 32.2. The Hall–Kier alpha value is -3.37. The first-order chi connectivity index (χ1) is 14.9. The summed E-state index contributed by atoms with van der Waals surface area (Å²) < 4.78 is 66.3. The van der Waals surface area contributed by atoms with Crippen molar-refractivity contribution in [3.8, 4) is 22.6 Å². The van der Waals surface area contributed by atoms with E-state index in [1.165, 1.54) is 24.3 Å². The van der Waals surface area contributed by atoms with Crippen LogP contribution in [0.15, 0.2) is 71.6 Å². The van der Waals surface area contributed by atoms with E-state index in [2.05, 4.69) is 5.10 Å². The van der Waals surface area contributed by atoms with Crippen LogP contribution in [0.4, 0.5) is 13.2 Å². The SMILES string of the molecule is Cc1ccc(C)n1-c1ccc(-c2cc(C(F)(F)F)nn2-c2ccc(S(N)(=O)=O)cc2)cc1. The van der Waals surface area contributed by atoms with Gasteiger partial charge in [-0.2, -0.15) is 18.3 Å². The van der Waals surface area contributed by atoms with E-state index in [9.17, 15) is 21.6 Å². The van der Waals surface area contributed by atoms with Crippen molar-refractivity contribution in [2.24, 2.45) is 5.14 Å². The molecular formula is C22H19F3N4O2S. The van der Waals surface area contributed by atoms with Crippen LogP contribution in [0.5, 0.6) is 0 Å². The van der Waals surface area contributed by atoms with E-state index < -0.39 is 21.9 Å². The number of nitrogens with zero attached hydrogens (tertiary/aromatic N) is 3. The largest absolute Gasteiger partial charge is 0.435 e. The van der Waals surface area contributed by atoms with Gasteiger partial charge in [0.2, 0.25) is 10.0 Å². The first-order valence-electron chi connectivity index (χ1n) is 9.51. The van der Waals surface area contributed by atoms with Crippen molar-refractivity contribution in [3.05, 3.63) is 83.8 Å². The van der Waals surface area contributed by atoms with Gasteiger partial charge < -0.3 is 4.57 Å². The van der Waals surface area contributed by atoms with Crippen molar-refractivity contribution in [3.63, 3.8) is 0 Å². The number of benzene rings is 2. The van der Waals surface area contributed by atoms with Crippen LogP contribution in [0.1, 0.15) is 17.1 Å². The predicted molar refractivity (Wildman–Crippen MR) is 114 cm³/mol. The minimum atomic E-state index is -4.64. The number of primary sulfonamides is 1. The Kier molecular flexibility index (Phi) is 5.22. The number of hydrogen-bond donors (Lipinski definition) is 1. The molecule has 2 N–H and O–H groups in total. The van der Waals surface area contributed by atoms with Gasteiger partial charge in [0.25, 0.3) is 0 Å². The molecule has 0 bridgehead atoms. The molecule has 4 rings (SSSR count). The monoisotopic (exact) mass is 460 g/mol. The van der Waals surface area contributed by atoms with Crippen LogP contribution >= 0.6 is 0 Å². The second-order valence-corrected chi connectivity index (χ2v) is 8.92. The van der Waals surface area contributed by atoms with Crippen LogP contribution in [0.25, 0.3) is 22.6 Å². The minimum absolute atomic E-state index is 0.146. The van der Waals surface area contributed by atoms with E-state index in [0.29, 0.717) is 5.56 Å². The molecule has 0 saturated heterocycles. The van der Waals surface area contributed by atoms with Crippen LogP contribution in [0.3, 0.4) is 0 Å². The van der Waals surface area contributed by atoms with Crippen molar-refractivity contribution < 1.29 is 21.6 Å². The summed E-state index contributed by atoms with van der Waals surface area (Å²) in [6, 6.07) is 17.2. The Morgan fingerprint density at radius 1 is 0.844 bits per heavy atom.